The number of hydrazone groups is 1. The van der Waals surface area contributed by atoms with Crippen LogP contribution in [0.15, 0.2) is 35.5 Å². The maximum atomic E-state index is 5.29. The fraction of sp³-hybridized carbons (Fsp3) is 0.375. The molecule has 2 atom stereocenters. The van der Waals surface area contributed by atoms with Crippen LogP contribution in [0.2, 0.25) is 0 Å². The zero-order valence-corrected chi connectivity index (χ0v) is 12.6. The Labute approximate surface area is 125 Å². The Morgan fingerprint density at radius 3 is 2.95 bits per heavy atom. The summed E-state index contributed by atoms with van der Waals surface area (Å²) >= 11 is 5.29. The number of aryl methyl sites for hydroxylation is 2. The highest BCUT2D eigenvalue weighted by molar-refractivity contribution is 7.80. The Kier molecular flexibility index (Phi) is 3.57. The summed E-state index contributed by atoms with van der Waals surface area (Å²) in [7, 11) is 0. The standard InChI is InChI=1S/C16H19N3S/c1-10-6-7-14(11(2)8-10)17-16(20)19-18-15-9-12-4-3-5-13(12)15/h3-4,6-8,12-13H,5,9H2,1-2H3,(H2,17,19,20)/b18-15+. The van der Waals surface area contributed by atoms with Crippen molar-refractivity contribution in [2.75, 3.05) is 5.32 Å². The SMILES string of the molecule is Cc1ccc(NC(=S)N/N=C2\CC3C=CCC23)c(C)c1. The number of rotatable bonds is 2. The molecule has 2 aliphatic rings. The molecule has 1 aromatic rings. The zero-order valence-electron chi connectivity index (χ0n) is 11.8. The molecule has 104 valence electrons. The molecule has 3 nitrogen and oxygen atoms in total. The average molecular weight is 285 g/mol. The van der Waals surface area contributed by atoms with Gasteiger partial charge in [0.1, 0.15) is 0 Å². The molecule has 1 fully saturated rings. The Morgan fingerprint density at radius 2 is 2.20 bits per heavy atom. The van der Waals surface area contributed by atoms with E-state index in [2.05, 4.69) is 54.0 Å². The van der Waals surface area contributed by atoms with E-state index < -0.39 is 0 Å². The predicted octanol–water partition coefficient (Wildman–Crippen LogP) is 3.54. The first-order valence-electron chi connectivity index (χ1n) is 7.01. The van der Waals surface area contributed by atoms with Crippen LogP contribution >= 0.6 is 12.2 Å². The summed E-state index contributed by atoms with van der Waals surface area (Å²) in [6.45, 7) is 4.16. The van der Waals surface area contributed by atoms with Crippen molar-refractivity contribution >= 4 is 28.7 Å². The average Bonchev–Trinajstić information content (AvgIpc) is 2.75. The van der Waals surface area contributed by atoms with Gasteiger partial charge in [0.05, 0.1) is 0 Å². The molecule has 0 amide bonds. The smallest absolute Gasteiger partial charge is 0.191 e. The van der Waals surface area contributed by atoms with Crippen LogP contribution in [-0.2, 0) is 0 Å². The van der Waals surface area contributed by atoms with Crippen LogP contribution < -0.4 is 10.7 Å². The third kappa shape index (κ3) is 2.61. The van der Waals surface area contributed by atoms with Crippen LogP contribution in [0.4, 0.5) is 5.69 Å². The summed E-state index contributed by atoms with van der Waals surface area (Å²) in [5.41, 5.74) is 7.68. The number of allylic oxidation sites excluding steroid dienone is 2. The summed E-state index contributed by atoms with van der Waals surface area (Å²) in [6, 6.07) is 6.26. The van der Waals surface area contributed by atoms with Gasteiger partial charge < -0.3 is 5.32 Å². The number of hydrogen-bond donors (Lipinski definition) is 2. The first-order chi connectivity index (χ1) is 9.63. The molecule has 3 rings (SSSR count). The molecule has 0 saturated heterocycles. The van der Waals surface area contributed by atoms with Crippen molar-refractivity contribution < 1.29 is 0 Å². The van der Waals surface area contributed by atoms with Crippen molar-refractivity contribution in [2.24, 2.45) is 16.9 Å². The van der Waals surface area contributed by atoms with Gasteiger partial charge in [0, 0.05) is 17.3 Å². The number of benzene rings is 1. The third-order valence-corrected chi connectivity index (χ3v) is 4.29. The maximum absolute atomic E-state index is 5.29. The van der Waals surface area contributed by atoms with Crippen LogP contribution in [-0.4, -0.2) is 10.8 Å². The van der Waals surface area contributed by atoms with Gasteiger partial charge in [-0.2, -0.15) is 5.10 Å². The van der Waals surface area contributed by atoms with E-state index in [0.29, 0.717) is 11.0 Å². The summed E-state index contributed by atoms with van der Waals surface area (Å²) in [4.78, 5) is 0. The highest BCUT2D eigenvalue weighted by Gasteiger charge is 2.37. The summed E-state index contributed by atoms with van der Waals surface area (Å²) in [6.07, 6.45) is 6.75. The molecule has 4 heteroatoms. The van der Waals surface area contributed by atoms with Crippen LogP contribution in [0, 0.1) is 25.7 Å². The van der Waals surface area contributed by atoms with Gasteiger partial charge in [0.25, 0.3) is 0 Å². The second-order valence-electron chi connectivity index (χ2n) is 5.63. The lowest BCUT2D eigenvalue weighted by Gasteiger charge is -2.31. The first kappa shape index (κ1) is 13.3. The van der Waals surface area contributed by atoms with Crippen molar-refractivity contribution in [3.05, 3.63) is 41.5 Å². The number of hydrogen-bond acceptors (Lipinski definition) is 2. The lowest BCUT2D eigenvalue weighted by molar-refractivity contribution is 0.463. The molecule has 2 unspecified atom stereocenters. The normalized spacial score (nSPS) is 25.2. The molecular weight excluding hydrogens is 266 g/mol. The lowest BCUT2D eigenvalue weighted by atomic mass is 9.74. The van der Waals surface area contributed by atoms with Crippen LogP contribution in [0.25, 0.3) is 0 Å². The van der Waals surface area contributed by atoms with Crippen LogP contribution in [0.1, 0.15) is 24.0 Å². The minimum absolute atomic E-state index is 0.554. The van der Waals surface area contributed by atoms with E-state index in [9.17, 15) is 0 Å². The fourth-order valence-corrected chi connectivity index (χ4v) is 3.05. The molecule has 0 aliphatic heterocycles. The topological polar surface area (TPSA) is 36.4 Å². The van der Waals surface area contributed by atoms with Crippen LogP contribution in [0.3, 0.4) is 0 Å². The van der Waals surface area contributed by atoms with E-state index in [1.807, 2.05) is 6.07 Å². The minimum Gasteiger partial charge on any atom is -0.331 e. The second kappa shape index (κ2) is 5.37. The number of thiocarbonyl (C=S) groups is 1. The Morgan fingerprint density at radius 1 is 1.35 bits per heavy atom. The van der Waals surface area contributed by atoms with Gasteiger partial charge >= 0.3 is 0 Å². The minimum atomic E-state index is 0.554. The van der Waals surface area contributed by atoms with E-state index in [4.69, 9.17) is 12.2 Å². The molecule has 2 N–H and O–H groups in total. The van der Waals surface area contributed by atoms with Crippen molar-refractivity contribution in [3.63, 3.8) is 0 Å². The molecule has 0 heterocycles. The fourth-order valence-electron chi connectivity index (χ4n) is 2.89. The van der Waals surface area contributed by atoms with Gasteiger partial charge in [-0.15, -0.1) is 0 Å². The summed E-state index contributed by atoms with van der Waals surface area (Å²) < 4.78 is 0. The van der Waals surface area contributed by atoms with Gasteiger partial charge in [0.2, 0.25) is 0 Å². The highest BCUT2D eigenvalue weighted by atomic mass is 32.1. The molecular formula is C16H19N3S. The lowest BCUT2D eigenvalue weighted by Crippen LogP contribution is -2.36. The van der Waals surface area contributed by atoms with E-state index in [0.717, 1.165) is 24.4 Å². The van der Waals surface area contributed by atoms with E-state index in [-0.39, 0.29) is 0 Å². The Bertz CT molecular complexity index is 604. The van der Waals surface area contributed by atoms with E-state index >= 15 is 0 Å². The number of nitrogens with zero attached hydrogens (tertiary/aromatic N) is 1. The molecule has 0 spiro atoms. The molecule has 0 radical (unpaired) electrons. The zero-order chi connectivity index (χ0) is 14.1. The van der Waals surface area contributed by atoms with Gasteiger partial charge in [-0.25, -0.2) is 0 Å². The van der Waals surface area contributed by atoms with Gasteiger partial charge in [-0.3, -0.25) is 5.43 Å². The van der Waals surface area contributed by atoms with Crippen molar-refractivity contribution in [1.82, 2.24) is 5.43 Å². The van der Waals surface area contributed by atoms with Crippen LogP contribution in [0.5, 0.6) is 0 Å². The molecule has 1 saturated carbocycles. The largest absolute Gasteiger partial charge is 0.331 e. The predicted molar refractivity (Wildman–Crippen MR) is 88.1 cm³/mol. The monoisotopic (exact) mass is 285 g/mol. The van der Waals surface area contributed by atoms with Crippen molar-refractivity contribution in [2.45, 2.75) is 26.7 Å². The molecule has 0 bridgehead atoms. The molecule has 2 aliphatic carbocycles. The Hall–Kier alpha value is -1.68. The highest BCUT2D eigenvalue weighted by Crippen LogP contribution is 2.40. The number of fused-ring (bicyclic) bond motifs is 1. The van der Waals surface area contributed by atoms with Crippen molar-refractivity contribution in [3.8, 4) is 0 Å². The summed E-state index contributed by atoms with van der Waals surface area (Å²) in [5, 5.41) is 8.19. The molecule has 1 aromatic carbocycles. The molecule has 20 heavy (non-hydrogen) atoms. The van der Waals surface area contributed by atoms with E-state index in [1.165, 1.54) is 16.8 Å². The summed E-state index contributed by atoms with van der Waals surface area (Å²) in [5.74, 6) is 1.34. The van der Waals surface area contributed by atoms with Gasteiger partial charge in [-0.1, -0.05) is 29.8 Å². The number of nitrogens with one attached hydrogen (secondary N) is 2. The third-order valence-electron chi connectivity index (χ3n) is 4.09. The van der Waals surface area contributed by atoms with E-state index in [1.54, 1.807) is 0 Å². The first-order valence-corrected chi connectivity index (χ1v) is 7.41. The second-order valence-corrected chi connectivity index (χ2v) is 6.03. The maximum Gasteiger partial charge on any atom is 0.191 e. The number of anilines is 1. The molecule has 0 aromatic heterocycles. The van der Waals surface area contributed by atoms with Gasteiger partial charge in [0.15, 0.2) is 5.11 Å². The van der Waals surface area contributed by atoms with Gasteiger partial charge in [-0.05, 0) is 56.5 Å². The quantitative estimate of drug-likeness (QED) is 0.496. The van der Waals surface area contributed by atoms with Crippen molar-refractivity contribution in [1.29, 1.82) is 0 Å². The Balaban J connectivity index is 1.56.